The molecular formula is C16H25N3O. The Kier molecular flexibility index (Phi) is 4.04. The van der Waals surface area contributed by atoms with Gasteiger partial charge in [-0.3, -0.25) is 4.79 Å². The molecule has 0 aromatic heterocycles. The number of nitrogens with two attached hydrogens (primary N) is 1. The molecule has 2 rings (SSSR count). The molecule has 20 heavy (non-hydrogen) atoms. The molecule has 0 saturated carbocycles. The van der Waals surface area contributed by atoms with E-state index in [0.29, 0.717) is 6.04 Å². The smallest absolute Gasteiger partial charge is 0.232 e. The minimum Gasteiger partial charge on any atom is -0.399 e. The van der Waals surface area contributed by atoms with Gasteiger partial charge in [-0.2, -0.15) is 0 Å². The fourth-order valence-corrected chi connectivity index (χ4v) is 2.65. The summed E-state index contributed by atoms with van der Waals surface area (Å²) in [6.07, 6.45) is 0. The van der Waals surface area contributed by atoms with Crippen molar-refractivity contribution in [3.05, 3.63) is 29.8 Å². The van der Waals surface area contributed by atoms with Crippen molar-refractivity contribution in [1.82, 2.24) is 9.80 Å². The predicted molar refractivity (Wildman–Crippen MR) is 82.6 cm³/mol. The highest BCUT2D eigenvalue weighted by molar-refractivity contribution is 5.87. The summed E-state index contributed by atoms with van der Waals surface area (Å²) in [6, 6.07) is 8.03. The lowest BCUT2D eigenvalue weighted by molar-refractivity contribution is -0.138. The van der Waals surface area contributed by atoms with Gasteiger partial charge in [-0.25, -0.2) is 0 Å². The lowest BCUT2D eigenvalue weighted by atomic mass is 9.82. The van der Waals surface area contributed by atoms with Crippen molar-refractivity contribution in [3.63, 3.8) is 0 Å². The molecule has 1 fully saturated rings. The highest BCUT2D eigenvalue weighted by Gasteiger charge is 2.36. The fourth-order valence-electron chi connectivity index (χ4n) is 2.65. The molecule has 0 aliphatic carbocycles. The van der Waals surface area contributed by atoms with Crippen LogP contribution in [0, 0.1) is 0 Å². The van der Waals surface area contributed by atoms with Gasteiger partial charge >= 0.3 is 0 Å². The summed E-state index contributed by atoms with van der Waals surface area (Å²) in [5, 5.41) is 0. The number of carbonyl (C=O) groups is 1. The maximum Gasteiger partial charge on any atom is 0.232 e. The van der Waals surface area contributed by atoms with E-state index in [1.807, 2.05) is 43.0 Å². The first-order chi connectivity index (χ1) is 9.32. The minimum absolute atomic E-state index is 0.197. The van der Waals surface area contributed by atoms with Crippen LogP contribution in [0.4, 0.5) is 5.69 Å². The zero-order valence-electron chi connectivity index (χ0n) is 12.9. The van der Waals surface area contributed by atoms with E-state index in [1.165, 1.54) is 0 Å². The zero-order valence-corrected chi connectivity index (χ0v) is 12.9. The average molecular weight is 275 g/mol. The van der Waals surface area contributed by atoms with Gasteiger partial charge in [-0.1, -0.05) is 12.1 Å². The molecule has 1 heterocycles. The van der Waals surface area contributed by atoms with Crippen molar-refractivity contribution < 1.29 is 4.79 Å². The van der Waals surface area contributed by atoms with E-state index in [0.717, 1.165) is 30.9 Å². The summed E-state index contributed by atoms with van der Waals surface area (Å²) in [5.41, 5.74) is 6.95. The zero-order chi connectivity index (χ0) is 14.9. The molecule has 1 aliphatic rings. The Hall–Kier alpha value is -1.55. The number of hydrogen-bond donors (Lipinski definition) is 1. The summed E-state index contributed by atoms with van der Waals surface area (Å²) < 4.78 is 0. The van der Waals surface area contributed by atoms with E-state index in [2.05, 4.69) is 18.9 Å². The summed E-state index contributed by atoms with van der Waals surface area (Å²) in [7, 11) is 2.11. The molecule has 1 saturated heterocycles. The van der Waals surface area contributed by atoms with Crippen LogP contribution >= 0.6 is 0 Å². The molecular weight excluding hydrogens is 250 g/mol. The van der Waals surface area contributed by atoms with Crippen molar-refractivity contribution in [3.8, 4) is 0 Å². The normalized spacial score (nSPS) is 21.0. The van der Waals surface area contributed by atoms with Crippen molar-refractivity contribution >= 4 is 11.6 Å². The van der Waals surface area contributed by atoms with Crippen molar-refractivity contribution in [2.45, 2.75) is 32.2 Å². The standard InChI is InChI=1S/C16H25N3O/c1-12-11-19(10-9-18(12)4)15(20)16(2,3)13-5-7-14(17)8-6-13/h5-8,12H,9-11,17H2,1-4H3. The maximum atomic E-state index is 12.8. The number of carbonyl (C=O) groups excluding carboxylic acids is 1. The van der Waals surface area contributed by atoms with Crippen LogP contribution in [0.1, 0.15) is 26.3 Å². The molecule has 4 heteroatoms. The number of nitrogens with zero attached hydrogens (tertiary/aromatic N) is 2. The van der Waals surface area contributed by atoms with Gasteiger partial charge in [0.1, 0.15) is 0 Å². The maximum absolute atomic E-state index is 12.8. The first-order valence-electron chi connectivity index (χ1n) is 7.18. The highest BCUT2D eigenvalue weighted by atomic mass is 16.2. The number of piperazine rings is 1. The molecule has 1 aromatic carbocycles. The Labute approximate surface area is 121 Å². The number of rotatable bonds is 2. The second kappa shape index (κ2) is 5.44. The Morgan fingerprint density at radius 1 is 1.25 bits per heavy atom. The predicted octanol–water partition coefficient (Wildman–Crippen LogP) is 1.71. The number of benzene rings is 1. The Balaban J connectivity index is 2.16. The molecule has 0 bridgehead atoms. The number of amides is 1. The lowest BCUT2D eigenvalue weighted by Gasteiger charge is -2.41. The average Bonchev–Trinajstić information content (AvgIpc) is 2.41. The highest BCUT2D eigenvalue weighted by Crippen LogP contribution is 2.27. The Morgan fingerprint density at radius 2 is 1.85 bits per heavy atom. The molecule has 1 atom stereocenters. The lowest BCUT2D eigenvalue weighted by Crippen LogP contribution is -2.55. The van der Waals surface area contributed by atoms with E-state index in [1.54, 1.807) is 0 Å². The monoisotopic (exact) mass is 275 g/mol. The third-order valence-corrected chi connectivity index (χ3v) is 4.41. The number of nitrogen functional groups attached to an aromatic ring is 1. The van der Waals surface area contributed by atoms with Gasteiger partial charge in [0, 0.05) is 31.4 Å². The third kappa shape index (κ3) is 2.80. The molecule has 0 spiro atoms. The van der Waals surface area contributed by atoms with Gasteiger partial charge in [0.2, 0.25) is 5.91 Å². The number of likely N-dealkylation sites (N-methyl/N-ethyl adjacent to an activating group) is 1. The first-order valence-corrected chi connectivity index (χ1v) is 7.18. The van der Waals surface area contributed by atoms with Crippen molar-refractivity contribution in [2.75, 3.05) is 32.4 Å². The van der Waals surface area contributed by atoms with Crippen molar-refractivity contribution in [2.24, 2.45) is 0 Å². The van der Waals surface area contributed by atoms with Gasteiger partial charge in [0.25, 0.3) is 0 Å². The van der Waals surface area contributed by atoms with E-state index in [9.17, 15) is 4.79 Å². The number of hydrogen-bond acceptors (Lipinski definition) is 3. The number of anilines is 1. The van der Waals surface area contributed by atoms with Crippen LogP contribution < -0.4 is 5.73 Å². The summed E-state index contributed by atoms with van der Waals surface area (Å²) in [4.78, 5) is 17.1. The van der Waals surface area contributed by atoms with Crippen LogP contribution in [0.15, 0.2) is 24.3 Å². The molecule has 0 radical (unpaired) electrons. The molecule has 1 aromatic rings. The topological polar surface area (TPSA) is 49.6 Å². The second-order valence-corrected chi connectivity index (χ2v) is 6.33. The van der Waals surface area contributed by atoms with E-state index in [4.69, 9.17) is 5.73 Å². The largest absolute Gasteiger partial charge is 0.399 e. The van der Waals surface area contributed by atoms with Gasteiger partial charge in [0.05, 0.1) is 5.41 Å². The van der Waals surface area contributed by atoms with Crippen LogP contribution in [0.3, 0.4) is 0 Å². The van der Waals surface area contributed by atoms with E-state index >= 15 is 0 Å². The SMILES string of the molecule is CC1CN(C(=O)C(C)(C)c2ccc(N)cc2)CCN1C. The van der Waals surface area contributed by atoms with Gasteiger partial charge in [0.15, 0.2) is 0 Å². The van der Waals surface area contributed by atoms with E-state index in [-0.39, 0.29) is 5.91 Å². The minimum atomic E-state index is -0.511. The first kappa shape index (κ1) is 14.9. The second-order valence-electron chi connectivity index (χ2n) is 6.33. The fraction of sp³-hybridized carbons (Fsp3) is 0.562. The van der Waals surface area contributed by atoms with Crippen molar-refractivity contribution in [1.29, 1.82) is 0 Å². The molecule has 2 N–H and O–H groups in total. The van der Waals surface area contributed by atoms with Gasteiger partial charge in [-0.15, -0.1) is 0 Å². The summed E-state index contributed by atoms with van der Waals surface area (Å²) in [5.74, 6) is 0.197. The molecule has 1 unspecified atom stereocenters. The quantitative estimate of drug-likeness (QED) is 0.836. The third-order valence-electron chi connectivity index (χ3n) is 4.41. The van der Waals surface area contributed by atoms with Gasteiger partial charge in [-0.05, 0) is 45.5 Å². The van der Waals surface area contributed by atoms with E-state index < -0.39 is 5.41 Å². The Morgan fingerprint density at radius 3 is 2.40 bits per heavy atom. The molecule has 4 nitrogen and oxygen atoms in total. The summed E-state index contributed by atoms with van der Waals surface area (Å²) in [6.45, 7) is 8.68. The Bertz CT molecular complexity index is 481. The molecule has 1 amide bonds. The van der Waals surface area contributed by atoms with Crippen LogP contribution in [0.2, 0.25) is 0 Å². The molecule has 110 valence electrons. The van der Waals surface area contributed by atoms with Gasteiger partial charge < -0.3 is 15.5 Å². The molecule has 1 aliphatic heterocycles. The summed E-state index contributed by atoms with van der Waals surface area (Å²) >= 11 is 0. The van der Waals surface area contributed by atoms with Crippen LogP contribution in [-0.2, 0) is 10.2 Å². The van der Waals surface area contributed by atoms with Crippen LogP contribution in [-0.4, -0.2) is 48.4 Å². The van der Waals surface area contributed by atoms with Crippen LogP contribution in [0.5, 0.6) is 0 Å². The van der Waals surface area contributed by atoms with Crippen LogP contribution in [0.25, 0.3) is 0 Å².